The Balaban J connectivity index is 2.07. The van der Waals surface area contributed by atoms with Gasteiger partial charge in [0.2, 0.25) is 0 Å². The van der Waals surface area contributed by atoms with Crippen LogP contribution in [0.1, 0.15) is 36.8 Å². The third-order valence-electron chi connectivity index (χ3n) is 3.81. The Morgan fingerprint density at radius 1 is 1.56 bits per heavy atom. The number of aryl methyl sites for hydroxylation is 1. The zero-order valence-electron chi connectivity index (χ0n) is 11.1. The fraction of sp³-hybridized carbons (Fsp3) is 0.533. The first-order chi connectivity index (χ1) is 8.52. The second-order valence-corrected chi connectivity index (χ2v) is 5.32. The van der Waals surface area contributed by atoms with Gasteiger partial charge < -0.3 is 9.84 Å². The second-order valence-electron chi connectivity index (χ2n) is 5.32. The molecule has 1 saturated carbocycles. The number of hydrogen-bond acceptors (Lipinski definition) is 2. The zero-order valence-corrected chi connectivity index (χ0v) is 11.1. The van der Waals surface area contributed by atoms with E-state index in [0.29, 0.717) is 11.8 Å². The highest BCUT2D eigenvalue weighted by atomic mass is 16.5. The van der Waals surface area contributed by atoms with Crippen LogP contribution in [0.15, 0.2) is 18.2 Å². The molecule has 3 nitrogen and oxygen atoms in total. The maximum absolute atomic E-state index is 10.8. The first kappa shape index (κ1) is 12.9. The molecular weight excluding hydrogens is 228 g/mol. The molecule has 98 valence electrons. The van der Waals surface area contributed by atoms with Crippen LogP contribution in [0.25, 0.3) is 0 Å². The van der Waals surface area contributed by atoms with Gasteiger partial charge in [-0.1, -0.05) is 24.6 Å². The molecule has 2 rings (SSSR count). The third-order valence-corrected chi connectivity index (χ3v) is 3.81. The second kappa shape index (κ2) is 5.01. The number of hydrogen-bond donors (Lipinski definition) is 1. The number of carboxylic acids is 1. The Hall–Kier alpha value is -1.51. The molecule has 3 heteroatoms. The highest BCUT2D eigenvalue weighted by Gasteiger charge is 2.43. The smallest absolute Gasteiger partial charge is 0.306 e. The van der Waals surface area contributed by atoms with Crippen LogP contribution in [0.2, 0.25) is 0 Å². The largest absolute Gasteiger partial charge is 0.496 e. The highest BCUT2D eigenvalue weighted by Crippen LogP contribution is 2.46. The van der Waals surface area contributed by atoms with Crippen LogP contribution in [0.3, 0.4) is 0 Å². The van der Waals surface area contributed by atoms with Crippen LogP contribution in [-0.2, 0) is 4.79 Å². The lowest BCUT2D eigenvalue weighted by Crippen LogP contribution is -2.03. The van der Waals surface area contributed by atoms with Gasteiger partial charge in [0, 0.05) is 0 Å². The summed E-state index contributed by atoms with van der Waals surface area (Å²) in [5.41, 5.74) is 2.40. The van der Waals surface area contributed by atoms with Crippen molar-refractivity contribution in [1.29, 1.82) is 0 Å². The van der Waals surface area contributed by atoms with Crippen molar-refractivity contribution in [3.8, 4) is 5.75 Å². The summed E-state index contributed by atoms with van der Waals surface area (Å²) in [5.74, 6) is 0.809. The fourth-order valence-corrected chi connectivity index (χ4v) is 2.63. The standard InChI is InChI=1S/C15H20O3/c1-9-4-5-14(18-3)12(6-9)10(2)7-11-8-13(11)15(16)17/h4-6,10-11,13H,7-8H2,1-3H3,(H,16,17). The molecule has 0 amide bonds. The van der Waals surface area contributed by atoms with Gasteiger partial charge >= 0.3 is 5.97 Å². The number of rotatable bonds is 5. The molecule has 0 aromatic heterocycles. The molecule has 3 atom stereocenters. The van der Waals surface area contributed by atoms with Crippen molar-refractivity contribution in [3.05, 3.63) is 29.3 Å². The molecule has 0 saturated heterocycles. The summed E-state index contributed by atoms with van der Waals surface area (Å²) in [6.07, 6.45) is 1.75. The lowest BCUT2D eigenvalue weighted by Gasteiger charge is -2.16. The number of ether oxygens (including phenoxy) is 1. The lowest BCUT2D eigenvalue weighted by molar-refractivity contribution is -0.138. The summed E-state index contributed by atoms with van der Waals surface area (Å²) < 4.78 is 5.38. The Morgan fingerprint density at radius 2 is 2.28 bits per heavy atom. The first-order valence-corrected chi connectivity index (χ1v) is 6.40. The van der Waals surface area contributed by atoms with Gasteiger partial charge in [-0.15, -0.1) is 0 Å². The van der Waals surface area contributed by atoms with E-state index in [1.807, 2.05) is 12.1 Å². The molecule has 1 aromatic rings. The normalized spacial score (nSPS) is 23.5. The molecule has 0 heterocycles. The molecular formula is C15H20O3. The molecule has 0 spiro atoms. The van der Waals surface area contributed by atoms with E-state index in [2.05, 4.69) is 19.9 Å². The van der Waals surface area contributed by atoms with Gasteiger partial charge in [0.1, 0.15) is 5.75 Å². The quantitative estimate of drug-likeness (QED) is 0.870. The fourth-order valence-electron chi connectivity index (χ4n) is 2.63. The van der Waals surface area contributed by atoms with Gasteiger partial charge in [-0.2, -0.15) is 0 Å². The van der Waals surface area contributed by atoms with E-state index in [4.69, 9.17) is 9.84 Å². The van der Waals surface area contributed by atoms with Gasteiger partial charge in [0.15, 0.2) is 0 Å². The van der Waals surface area contributed by atoms with Gasteiger partial charge in [-0.3, -0.25) is 4.79 Å². The average molecular weight is 248 g/mol. The Labute approximate surface area is 108 Å². The monoisotopic (exact) mass is 248 g/mol. The molecule has 0 radical (unpaired) electrons. The Bertz CT molecular complexity index is 453. The van der Waals surface area contributed by atoms with Crippen molar-refractivity contribution in [2.75, 3.05) is 7.11 Å². The molecule has 1 aliphatic rings. The van der Waals surface area contributed by atoms with E-state index >= 15 is 0 Å². The Kier molecular flexibility index (Phi) is 3.60. The van der Waals surface area contributed by atoms with Crippen LogP contribution >= 0.6 is 0 Å². The third kappa shape index (κ3) is 2.66. The van der Waals surface area contributed by atoms with Crippen LogP contribution in [0.4, 0.5) is 0 Å². The summed E-state index contributed by atoms with van der Waals surface area (Å²) in [4.78, 5) is 10.8. The van der Waals surface area contributed by atoms with Crippen LogP contribution in [0.5, 0.6) is 5.75 Å². The maximum Gasteiger partial charge on any atom is 0.306 e. The van der Waals surface area contributed by atoms with Gasteiger partial charge in [-0.25, -0.2) is 0 Å². The van der Waals surface area contributed by atoms with Crippen LogP contribution < -0.4 is 4.74 Å². The van der Waals surface area contributed by atoms with E-state index < -0.39 is 5.97 Å². The first-order valence-electron chi connectivity index (χ1n) is 6.40. The zero-order chi connectivity index (χ0) is 13.3. The van der Waals surface area contributed by atoms with E-state index in [9.17, 15) is 4.79 Å². The molecule has 0 aliphatic heterocycles. The van der Waals surface area contributed by atoms with Crippen molar-refractivity contribution in [2.24, 2.45) is 11.8 Å². The number of methoxy groups -OCH3 is 1. The minimum atomic E-state index is -0.650. The number of benzene rings is 1. The van der Waals surface area contributed by atoms with E-state index in [1.54, 1.807) is 7.11 Å². The number of aliphatic carboxylic acids is 1. The minimum Gasteiger partial charge on any atom is -0.496 e. The summed E-state index contributed by atoms with van der Waals surface area (Å²) in [5, 5.41) is 8.93. The molecule has 1 N–H and O–H groups in total. The molecule has 0 bridgehead atoms. The van der Waals surface area contributed by atoms with Crippen molar-refractivity contribution >= 4 is 5.97 Å². The van der Waals surface area contributed by atoms with E-state index in [1.165, 1.54) is 11.1 Å². The van der Waals surface area contributed by atoms with E-state index in [-0.39, 0.29) is 5.92 Å². The van der Waals surface area contributed by atoms with Crippen LogP contribution in [0, 0.1) is 18.8 Å². The van der Waals surface area contributed by atoms with Crippen molar-refractivity contribution in [1.82, 2.24) is 0 Å². The van der Waals surface area contributed by atoms with E-state index in [0.717, 1.165) is 18.6 Å². The molecule has 1 aliphatic carbocycles. The number of carboxylic acid groups (broad SMARTS) is 1. The SMILES string of the molecule is COc1ccc(C)cc1C(C)CC1CC1C(=O)O. The average Bonchev–Trinajstić information content (AvgIpc) is 3.08. The van der Waals surface area contributed by atoms with Crippen molar-refractivity contribution in [3.63, 3.8) is 0 Å². The molecule has 3 unspecified atom stereocenters. The molecule has 1 aromatic carbocycles. The Morgan fingerprint density at radius 3 is 2.83 bits per heavy atom. The molecule has 1 fully saturated rings. The lowest BCUT2D eigenvalue weighted by atomic mass is 9.93. The molecule has 18 heavy (non-hydrogen) atoms. The number of carbonyl (C=O) groups is 1. The van der Waals surface area contributed by atoms with Gasteiger partial charge in [0.25, 0.3) is 0 Å². The van der Waals surface area contributed by atoms with Gasteiger partial charge in [0.05, 0.1) is 13.0 Å². The van der Waals surface area contributed by atoms with Crippen molar-refractivity contribution in [2.45, 2.75) is 32.6 Å². The summed E-state index contributed by atoms with van der Waals surface area (Å²) >= 11 is 0. The van der Waals surface area contributed by atoms with Crippen LogP contribution in [-0.4, -0.2) is 18.2 Å². The maximum atomic E-state index is 10.8. The minimum absolute atomic E-state index is 0.122. The summed E-state index contributed by atoms with van der Waals surface area (Å²) in [6, 6.07) is 6.16. The van der Waals surface area contributed by atoms with Crippen molar-refractivity contribution < 1.29 is 14.6 Å². The van der Waals surface area contributed by atoms with Gasteiger partial charge in [-0.05, 0) is 43.2 Å². The summed E-state index contributed by atoms with van der Waals surface area (Å²) in [6.45, 7) is 4.21. The predicted molar refractivity (Wildman–Crippen MR) is 70.0 cm³/mol. The topological polar surface area (TPSA) is 46.5 Å². The highest BCUT2D eigenvalue weighted by molar-refractivity contribution is 5.73. The summed E-state index contributed by atoms with van der Waals surface area (Å²) in [7, 11) is 1.68. The predicted octanol–water partition coefficient (Wildman–Crippen LogP) is 3.22.